The van der Waals surface area contributed by atoms with Crippen LogP contribution in [0.2, 0.25) is 0 Å². The summed E-state index contributed by atoms with van der Waals surface area (Å²) in [6, 6.07) is 7.67. The summed E-state index contributed by atoms with van der Waals surface area (Å²) in [7, 11) is 0. The van der Waals surface area contributed by atoms with Gasteiger partial charge in [-0.1, -0.05) is 19.1 Å². The minimum atomic E-state index is -0.130. The molecule has 2 unspecified atom stereocenters. The molecule has 1 N–H and O–H groups in total. The summed E-state index contributed by atoms with van der Waals surface area (Å²) in [6.45, 7) is 7.55. The fourth-order valence-corrected chi connectivity index (χ4v) is 3.26. The quantitative estimate of drug-likeness (QED) is 0.908. The second-order valence-electron chi connectivity index (χ2n) is 6.69. The van der Waals surface area contributed by atoms with Crippen molar-refractivity contribution in [1.29, 1.82) is 0 Å². The van der Waals surface area contributed by atoms with Crippen molar-refractivity contribution in [3.8, 4) is 0 Å². The third-order valence-electron chi connectivity index (χ3n) is 5.14. The van der Waals surface area contributed by atoms with E-state index in [2.05, 4.69) is 24.1 Å². The third-order valence-corrected chi connectivity index (χ3v) is 5.14. The molecule has 3 rings (SSSR count). The predicted molar refractivity (Wildman–Crippen MR) is 80.0 cm³/mol. The Balaban J connectivity index is 1.75. The Labute approximate surface area is 121 Å². The first-order valence-corrected chi connectivity index (χ1v) is 7.83. The summed E-state index contributed by atoms with van der Waals surface area (Å²) in [6.07, 6.45) is 3.86. The lowest BCUT2D eigenvalue weighted by Crippen LogP contribution is -2.63. The van der Waals surface area contributed by atoms with Gasteiger partial charge in [0, 0.05) is 31.2 Å². The molecule has 1 aliphatic heterocycles. The van der Waals surface area contributed by atoms with Crippen LogP contribution in [0.25, 0.3) is 0 Å². The Kier molecular flexibility index (Phi) is 3.83. The van der Waals surface area contributed by atoms with E-state index < -0.39 is 0 Å². The first kappa shape index (κ1) is 14.0. The van der Waals surface area contributed by atoms with E-state index in [1.54, 1.807) is 6.07 Å². The molecule has 110 valence electrons. The van der Waals surface area contributed by atoms with E-state index in [1.165, 1.54) is 18.9 Å². The molecule has 2 aliphatic rings. The van der Waals surface area contributed by atoms with Gasteiger partial charge in [0.05, 0.1) is 0 Å². The molecule has 20 heavy (non-hydrogen) atoms. The Morgan fingerprint density at radius 2 is 2.20 bits per heavy atom. The fraction of sp³-hybridized carbons (Fsp3) is 0.647. The second kappa shape index (κ2) is 5.45. The summed E-state index contributed by atoms with van der Waals surface area (Å²) in [5.41, 5.74) is 1.26. The highest BCUT2D eigenvalue weighted by atomic mass is 19.1. The molecule has 1 aromatic carbocycles. The Hall–Kier alpha value is -0.930. The van der Waals surface area contributed by atoms with Crippen LogP contribution >= 0.6 is 0 Å². The molecule has 1 saturated carbocycles. The van der Waals surface area contributed by atoms with E-state index >= 15 is 0 Å². The fourth-order valence-electron chi connectivity index (χ4n) is 3.26. The van der Waals surface area contributed by atoms with Crippen molar-refractivity contribution in [3.63, 3.8) is 0 Å². The highest BCUT2D eigenvalue weighted by molar-refractivity contribution is 5.17. The summed E-state index contributed by atoms with van der Waals surface area (Å²) in [5, 5.41) is 3.73. The lowest BCUT2D eigenvalue weighted by atomic mass is 9.90. The van der Waals surface area contributed by atoms with Gasteiger partial charge in [-0.15, -0.1) is 0 Å². The van der Waals surface area contributed by atoms with Gasteiger partial charge in [-0.05, 0) is 49.8 Å². The van der Waals surface area contributed by atoms with Crippen LogP contribution < -0.4 is 5.32 Å². The van der Waals surface area contributed by atoms with E-state index in [4.69, 9.17) is 0 Å². The maximum absolute atomic E-state index is 13.4. The molecule has 0 radical (unpaired) electrons. The van der Waals surface area contributed by atoms with Gasteiger partial charge in [0.25, 0.3) is 0 Å². The van der Waals surface area contributed by atoms with Crippen molar-refractivity contribution in [1.82, 2.24) is 10.2 Å². The molecular weight excluding hydrogens is 251 g/mol. The molecule has 0 bridgehead atoms. The van der Waals surface area contributed by atoms with Crippen LogP contribution in [0.5, 0.6) is 0 Å². The monoisotopic (exact) mass is 276 g/mol. The van der Waals surface area contributed by atoms with Crippen LogP contribution in [0.4, 0.5) is 4.39 Å². The van der Waals surface area contributed by atoms with Gasteiger partial charge in [0.2, 0.25) is 0 Å². The Morgan fingerprint density at radius 1 is 1.40 bits per heavy atom. The molecule has 0 amide bonds. The van der Waals surface area contributed by atoms with Crippen LogP contribution in [-0.2, 0) is 6.54 Å². The van der Waals surface area contributed by atoms with Gasteiger partial charge in [0.1, 0.15) is 5.82 Å². The van der Waals surface area contributed by atoms with E-state index in [9.17, 15) is 4.39 Å². The molecule has 3 heteroatoms. The molecule has 2 atom stereocenters. The molecule has 1 aromatic rings. The largest absolute Gasteiger partial charge is 0.311 e. The lowest BCUT2D eigenvalue weighted by molar-refractivity contribution is 0.0368. The van der Waals surface area contributed by atoms with E-state index in [0.29, 0.717) is 6.04 Å². The van der Waals surface area contributed by atoms with Crippen molar-refractivity contribution < 1.29 is 4.39 Å². The number of hydrogen-bond acceptors (Lipinski definition) is 2. The number of piperazine rings is 1. The van der Waals surface area contributed by atoms with E-state index in [-0.39, 0.29) is 11.4 Å². The van der Waals surface area contributed by atoms with Crippen molar-refractivity contribution >= 4 is 0 Å². The van der Waals surface area contributed by atoms with E-state index in [0.717, 1.165) is 37.5 Å². The molecule has 2 nitrogen and oxygen atoms in total. The zero-order valence-corrected chi connectivity index (χ0v) is 12.5. The van der Waals surface area contributed by atoms with E-state index in [1.807, 2.05) is 12.1 Å². The number of halogens is 1. The highest BCUT2D eigenvalue weighted by Crippen LogP contribution is 2.36. The van der Waals surface area contributed by atoms with Crippen LogP contribution in [-0.4, -0.2) is 29.6 Å². The average Bonchev–Trinajstić information content (AvgIpc) is 3.26. The minimum Gasteiger partial charge on any atom is -0.311 e. The maximum atomic E-state index is 13.4. The maximum Gasteiger partial charge on any atom is 0.123 e. The summed E-state index contributed by atoms with van der Waals surface area (Å²) in [5.74, 6) is 0.737. The third kappa shape index (κ3) is 2.89. The average molecular weight is 276 g/mol. The molecule has 2 fully saturated rings. The molecular formula is C17H25FN2. The second-order valence-corrected chi connectivity index (χ2v) is 6.69. The molecule has 1 aliphatic carbocycles. The molecule has 1 saturated heterocycles. The predicted octanol–water partition coefficient (Wildman–Crippen LogP) is 3.18. The highest BCUT2D eigenvalue weighted by Gasteiger charge is 2.41. The summed E-state index contributed by atoms with van der Waals surface area (Å²) < 4.78 is 13.4. The van der Waals surface area contributed by atoms with Crippen molar-refractivity contribution in [2.45, 2.75) is 51.2 Å². The number of benzene rings is 1. The van der Waals surface area contributed by atoms with Gasteiger partial charge in [-0.3, -0.25) is 4.90 Å². The van der Waals surface area contributed by atoms with Crippen molar-refractivity contribution in [2.75, 3.05) is 13.1 Å². The summed E-state index contributed by atoms with van der Waals surface area (Å²) >= 11 is 0. The molecule has 0 aromatic heterocycles. The van der Waals surface area contributed by atoms with Gasteiger partial charge in [0.15, 0.2) is 0 Å². The standard InChI is InChI=1S/C17H25FN2/c1-3-17(2)12-19-16(14-7-8-14)11-20(17)10-13-5-4-6-15(18)9-13/h4-6,9,14,16,19H,3,7-8,10-12H2,1-2H3. The topological polar surface area (TPSA) is 15.3 Å². The van der Waals surface area contributed by atoms with Crippen LogP contribution in [0, 0.1) is 11.7 Å². The van der Waals surface area contributed by atoms with Gasteiger partial charge >= 0.3 is 0 Å². The van der Waals surface area contributed by atoms with Crippen molar-refractivity contribution in [2.24, 2.45) is 5.92 Å². The molecule has 0 spiro atoms. The summed E-state index contributed by atoms with van der Waals surface area (Å²) in [4.78, 5) is 2.56. The first-order valence-electron chi connectivity index (χ1n) is 7.83. The zero-order valence-electron chi connectivity index (χ0n) is 12.5. The van der Waals surface area contributed by atoms with Gasteiger partial charge in [-0.2, -0.15) is 0 Å². The lowest BCUT2D eigenvalue weighted by Gasteiger charge is -2.48. The normalized spacial score (nSPS) is 31.4. The van der Waals surface area contributed by atoms with Crippen LogP contribution in [0.15, 0.2) is 24.3 Å². The number of hydrogen-bond donors (Lipinski definition) is 1. The SMILES string of the molecule is CCC1(C)CNC(C2CC2)CN1Cc1cccc(F)c1. The minimum absolute atomic E-state index is 0.130. The Morgan fingerprint density at radius 3 is 2.85 bits per heavy atom. The number of nitrogens with zero attached hydrogens (tertiary/aromatic N) is 1. The van der Waals surface area contributed by atoms with Crippen molar-refractivity contribution in [3.05, 3.63) is 35.6 Å². The smallest absolute Gasteiger partial charge is 0.123 e. The number of rotatable bonds is 4. The van der Waals surface area contributed by atoms with Gasteiger partial charge < -0.3 is 5.32 Å². The first-order chi connectivity index (χ1) is 9.60. The van der Waals surface area contributed by atoms with Gasteiger partial charge in [-0.25, -0.2) is 4.39 Å². The molecule has 1 heterocycles. The van der Waals surface area contributed by atoms with Crippen LogP contribution in [0.1, 0.15) is 38.7 Å². The zero-order chi connectivity index (χ0) is 14.2. The number of nitrogens with one attached hydrogen (secondary N) is 1. The Bertz CT molecular complexity index is 472. The van der Waals surface area contributed by atoms with Crippen LogP contribution in [0.3, 0.4) is 0 Å².